The second kappa shape index (κ2) is 33.6. The summed E-state index contributed by atoms with van der Waals surface area (Å²) in [7, 11) is -8.88. The van der Waals surface area contributed by atoms with Crippen molar-refractivity contribution in [3.05, 3.63) is 96.1 Å². The normalized spacial score (nSPS) is 11.4. The molecule has 4 aromatic carbocycles. The van der Waals surface area contributed by atoms with E-state index in [1.165, 1.54) is 189 Å². The van der Waals surface area contributed by atoms with Gasteiger partial charge in [-0.1, -0.05) is 179 Å². The van der Waals surface area contributed by atoms with Crippen LogP contribution in [0, 0.1) is 0 Å². The number of phenols is 1. The number of ether oxygens (including phenoxy) is 2. The smallest absolute Gasteiger partial charge is 0.872 e. The molecule has 0 aliphatic carbocycles. The van der Waals surface area contributed by atoms with Gasteiger partial charge in [-0.3, -0.25) is 4.55 Å². The molecule has 4 rings (SSSR count). The molecule has 0 bridgehead atoms. The summed E-state index contributed by atoms with van der Waals surface area (Å²) in [6, 6.07) is 20.8. The molecule has 356 valence electrons. The Morgan fingerprint density at radius 1 is 0.462 bits per heavy atom. The van der Waals surface area contributed by atoms with E-state index in [0.717, 1.165) is 49.7 Å². The monoisotopic (exact) mass is 962 g/mol. The van der Waals surface area contributed by atoms with Gasteiger partial charge in [-0.25, -0.2) is 8.42 Å². The summed E-state index contributed by atoms with van der Waals surface area (Å²) < 4.78 is 78.4. The van der Waals surface area contributed by atoms with Crippen LogP contribution in [-0.4, -0.2) is 68.8 Å². The van der Waals surface area contributed by atoms with E-state index in [1.54, 1.807) is 24.3 Å². The molecule has 4 aromatic rings. The van der Waals surface area contributed by atoms with Crippen molar-refractivity contribution in [2.24, 2.45) is 0 Å². The Morgan fingerprint density at radius 2 is 0.785 bits per heavy atom. The molecule has 0 aromatic heterocycles. The number of aromatic hydroxyl groups is 1. The Hall–Kier alpha value is -2.84. The molecule has 65 heavy (non-hydrogen) atoms. The van der Waals surface area contributed by atoms with Crippen molar-refractivity contribution < 1.29 is 45.6 Å². The maximum Gasteiger partial charge on any atom is 2.00 e. The first-order valence-corrected chi connectivity index (χ1v) is 26.8. The second-order valence-corrected chi connectivity index (χ2v) is 19.7. The third-order valence-corrected chi connectivity index (χ3v) is 13.1. The van der Waals surface area contributed by atoms with Gasteiger partial charge in [0.2, 0.25) is 0 Å². The summed E-state index contributed by atoms with van der Waals surface area (Å²) >= 11 is 0. The van der Waals surface area contributed by atoms with Gasteiger partial charge >= 0.3 is 37.7 Å². The summed E-state index contributed by atoms with van der Waals surface area (Å²) in [6.45, 7) is 4.49. The number of rotatable bonds is 32. The van der Waals surface area contributed by atoms with Crippen molar-refractivity contribution in [1.29, 1.82) is 0 Å². The summed E-state index contributed by atoms with van der Waals surface area (Å²) in [6.07, 6.45) is 32.0. The van der Waals surface area contributed by atoms with Gasteiger partial charge in [0.25, 0.3) is 10.1 Å². The van der Waals surface area contributed by atoms with Gasteiger partial charge in [0.1, 0.15) is 38.9 Å². The van der Waals surface area contributed by atoms with E-state index in [4.69, 9.17) is 9.47 Å². The molecular weight excluding hydrogens is 889 g/mol. The molecule has 0 atom stereocenters. The summed E-state index contributed by atoms with van der Waals surface area (Å²) in [5, 5.41) is 20.7. The van der Waals surface area contributed by atoms with E-state index >= 15 is 0 Å². The molecule has 0 heterocycles. The molecule has 0 spiro atoms. The van der Waals surface area contributed by atoms with Crippen LogP contribution in [-0.2, 0) is 33.1 Å². The van der Waals surface area contributed by atoms with E-state index < -0.39 is 20.2 Å². The summed E-state index contributed by atoms with van der Waals surface area (Å²) in [5.74, 6) is 1.68. The minimum atomic E-state index is -4.57. The molecule has 0 radical (unpaired) electrons. The van der Waals surface area contributed by atoms with E-state index in [-0.39, 0.29) is 59.0 Å². The topological polar surface area (TPSA) is 173 Å². The number of aryl methyl sites for hydroxylation is 2. The molecule has 2 N–H and O–H groups in total. The van der Waals surface area contributed by atoms with Crippen LogP contribution in [0.1, 0.15) is 179 Å². The quantitative estimate of drug-likeness (QED) is 0.0272. The van der Waals surface area contributed by atoms with Crippen LogP contribution in [0.2, 0.25) is 0 Å². The molecule has 0 aliphatic rings. The van der Waals surface area contributed by atoms with E-state index in [2.05, 4.69) is 13.8 Å². The van der Waals surface area contributed by atoms with Gasteiger partial charge < -0.3 is 24.2 Å². The number of phenolic OH excluding ortho intramolecular Hbond substituents is 1. The Balaban J connectivity index is 0.000000440. The molecule has 0 saturated carbocycles. The molecular formula is C52H74CaO10S2. The number of unbranched alkanes of at least 4 members (excludes halogenated alkanes) is 22. The number of hydrogen-bond acceptors (Lipinski definition) is 9. The maximum absolute atomic E-state index is 11.5. The van der Waals surface area contributed by atoms with Crippen LogP contribution in [0.3, 0.4) is 0 Å². The molecule has 0 aliphatic heterocycles. The minimum Gasteiger partial charge on any atom is -0.872 e. The van der Waals surface area contributed by atoms with E-state index in [9.17, 15) is 36.2 Å². The summed E-state index contributed by atoms with van der Waals surface area (Å²) in [4.78, 5) is -0.504. The molecule has 0 fully saturated rings. The van der Waals surface area contributed by atoms with Crippen LogP contribution in [0.5, 0.6) is 34.5 Å². The number of hydrogen-bond donors (Lipinski definition) is 2. The van der Waals surface area contributed by atoms with Crippen molar-refractivity contribution in [1.82, 2.24) is 0 Å². The van der Waals surface area contributed by atoms with Gasteiger partial charge in [-0.15, -0.1) is 5.75 Å². The zero-order valence-corrected chi connectivity index (χ0v) is 43.0. The maximum atomic E-state index is 11.5. The zero-order chi connectivity index (χ0) is 46.5. The average molecular weight is 963 g/mol. The van der Waals surface area contributed by atoms with Crippen LogP contribution in [0.4, 0.5) is 0 Å². The minimum absolute atomic E-state index is 0. The molecule has 13 heteroatoms. The van der Waals surface area contributed by atoms with Crippen LogP contribution >= 0.6 is 0 Å². The van der Waals surface area contributed by atoms with Crippen molar-refractivity contribution in [3.8, 4) is 34.5 Å². The SMILES string of the molecule is CCCCCCCCCCCCCCc1ccc(S(=O)(=O)O)cc1Oc1ccc(O)cc1.CCCCCCCCCCCCCCc1ccc(S(=O)(=O)[O-])cc1Oc1ccc([O-])cc1.[Ca+2]. The van der Waals surface area contributed by atoms with E-state index in [1.807, 2.05) is 0 Å². The first-order valence-electron chi connectivity index (χ1n) is 23.9. The van der Waals surface area contributed by atoms with Gasteiger partial charge in [0, 0.05) is 6.07 Å². The predicted octanol–water partition coefficient (Wildman–Crippen LogP) is 14.0. The molecule has 0 saturated heterocycles. The van der Waals surface area contributed by atoms with E-state index in [0.29, 0.717) is 23.0 Å². The first-order chi connectivity index (χ1) is 30.8. The molecule has 0 amide bonds. The van der Waals surface area contributed by atoms with Crippen molar-refractivity contribution in [3.63, 3.8) is 0 Å². The Labute approximate surface area is 421 Å². The fourth-order valence-corrected chi connectivity index (χ4v) is 8.56. The van der Waals surface area contributed by atoms with Gasteiger partial charge in [-0.05, 0) is 91.4 Å². The predicted molar refractivity (Wildman–Crippen MR) is 260 cm³/mol. The van der Waals surface area contributed by atoms with Crippen molar-refractivity contribution in [2.45, 2.75) is 191 Å². The van der Waals surface area contributed by atoms with Gasteiger partial charge in [-0.2, -0.15) is 8.42 Å². The third kappa shape index (κ3) is 25.8. The van der Waals surface area contributed by atoms with Gasteiger partial charge in [0.05, 0.1) is 9.79 Å². The Morgan fingerprint density at radius 3 is 1.14 bits per heavy atom. The fraction of sp³-hybridized carbons (Fsp3) is 0.538. The average Bonchev–Trinajstić information content (AvgIpc) is 3.26. The van der Waals surface area contributed by atoms with Gasteiger partial charge in [0.15, 0.2) is 0 Å². The molecule has 10 nitrogen and oxygen atoms in total. The summed E-state index contributed by atoms with van der Waals surface area (Å²) in [5.41, 5.74) is 1.76. The second-order valence-electron chi connectivity index (χ2n) is 16.9. The standard InChI is InChI=1S/2C26H38O5S.Ca/c2*1-2-3-4-5-6-7-8-9-10-11-12-13-14-22-15-20-25(32(28,29)30)21-26(22)31-24-18-16-23(27)17-19-24;/h2*15-21,27H,2-14H2,1H3,(H,28,29,30);/q;;+2/p-2. The number of benzene rings is 4. The van der Waals surface area contributed by atoms with Crippen LogP contribution < -0.4 is 14.6 Å². The molecule has 0 unspecified atom stereocenters. The van der Waals surface area contributed by atoms with Crippen molar-refractivity contribution >= 4 is 58.0 Å². The first kappa shape index (κ1) is 58.3. The zero-order valence-electron chi connectivity index (χ0n) is 39.2. The van der Waals surface area contributed by atoms with Crippen molar-refractivity contribution in [2.75, 3.05) is 0 Å². The van der Waals surface area contributed by atoms with Crippen LogP contribution in [0.25, 0.3) is 0 Å². The third-order valence-electron chi connectivity index (χ3n) is 11.4. The van der Waals surface area contributed by atoms with Crippen LogP contribution in [0.15, 0.2) is 94.7 Å². The Kier molecular flexibility index (Phi) is 30.1. The Bertz CT molecular complexity index is 1940. The largest absolute Gasteiger partial charge is 2.00 e. The fourth-order valence-electron chi connectivity index (χ4n) is 7.58.